The molecule has 1 atom stereocenters. The first-order valence-electron chi connectivity index (χ1n) is 9.58. The molecule has 31 heavy (non-hydrogen) atoms. The van der Waals surface area contributed by atoms with Crippen LogP contribution < -0.4 is 5.32 Å². The van der Waals surface area contributed by atoms with Crippen LogP contribution in [0.1, 0.15) is 37.8 Å². The lowest BCUT2D eigenvalue weighted by Crippen LogP contribution is -2.21. The minimum Gasteiger partial charge on any atom is -0.475 e. The second-order valence-corrected chi connectivity index (χ2v) is 7.44. The van der Waals surface area contributed by atoms with Gasteiger partial charge >= 0.3 is 12.1 Å². The first kappa shape index (κ1) is 22.7. The van der Waals surface area contributed by atoms with Gasteiger partial charge in [-0.3, -0.25) is 0 Å². The van der Waals surface area contributed by atoms with E-state index in [0.717, 1.165) is 37.0 Å². The van der Waals surface area contributed by atoms with Crippen molar-refractivity contribution in [1.29, 1.82) is 0 Å². The van der Waals surface area contributed by atoms with Gasteiger partial charge in [0.05, 0.1) is 5.69 Å². The summed E-state index contributed by atoms with van der Waals surface area (Å²) < 4.78 is 52.9. The molecule has 4 rings (SSSR count). The van der Waals surface area contributed by atoms with Gasteiger partial charge in [-0.2, -0.15) is 27.9 Å². The number of carbonyl (C=O) groups is 1. The van der Waals surface area contributed by atoms with Gasteiger partial charge in [0.15, 0.2) is 0 Å². The van der Waals surface area contributed by atoms with Gasteiger partial charge in [0.2, 0.25) is 5.89 Å². The summed E-state index contributed by atoms with van der Waals surface area (Å²) in [6, 6.07) is 5.00. The van der Waals surface area contributed by atoms with Crippen LogP contribution in [0.2, 0.25) is 0 Å². The van der Waals surface area contributed by atoms with E-state index < -0.39 is 12.1 Å². The Morgan fingerprint density at radius 1 is 1.39 bits per heavy atom. The molecule has 3 aromatic rings. The smallest absolute Gasteiger partial charge is 0.475 e. The third-order valence-corrected chi connectivity index (χ3v) is 4.74. The van der Waals surface area contributed by atoms with Crippen LogP contribution in [0, 0.1) is 11.7 Å². The standard InChI is InChI=1S/C17H20FN5O.C2HF3O2/c1-10(2)15-12-4-3-5-13(18)16(12)23(21-15)17-20-14(24-22-17)8-11-6-7-19-9-11;3-2(4,5)1(6)7/h3-5,10-11,19H,6-9H2,1-2H3;(H,6,7)/t11-;/m0./s1. The molecular formula is C19H21F4N5O3. The van der Waals surface area contributed by atoms with Crippen LogP contribution in [-0.4, -0.2) is 50.3 Å². The number of halogens is 4. The van der Waals surface area contributed by atoms with Crippen LogP contribution in [0.4, 0.5) is 17.6 Å². The Morgan fingerprint density at radius 3 is 2.68 bits per heavy atom. The van der Waals surface area contributed by atoms with Crippen LogP contribution >= 0.6 is 0 Å². The number of benzene rings is 1. The molecule has 1 aromatic carbocycles. The van der Waals surface area contributed by atoms with Gasteiger partial charge in [-0.05, 0) is 42.6 Å². The average molecular weight is 443 g/mol. The molecule has 8 nitrogen and oxygen atoms in total. The zero-order chi connectivity index (χ0) is 22.8. The molecule has 2 aromatic heterocycles. The quantitative estimate of drug-likeness (QED) is 0.595. The van der Waals surface area contributed by atoms with Gasteiger partial charge in [-0.1, -0.05) is 26.0 Å². The number of aliphatic carboxylic acids is 1. The fourth-order valence-corrected chi connectivity index (χ4v) is 3.27. The average Bonchev–Trinajstić information content (AvgIpc) is 3.41. The van der Waals surface area contributed by atoms with Crippen LogP contribution in [-0.2, 0) is 11.2 Å². The lowest BCUT2D eigenvalue weighted by molar-refractivity contribution is -0.192. The van der Waals surface area contributed by atoms with Gasteiger partial charge in [-0.15, -0.1) is 0 Å². The second kappa shape index (κ2) is 9.00. The highest BCUT2D eigenvalue weighted by atomic mass is 19.4. The number of aromatic nitrogens is 4. The van der Waals surface area contributed by atoms with E-state index >= 15 is 0 Å². The molecule has 0 amide bonds. The zero-order valence-corrected chi connectivity index (χ0v) is 16.8. The number of nitrogens with one attached hydrogen (secondary N) is 1. The van der Waals surface area contributed by atoms with Gasteiger partial charge in [-0.25, -0.2) is 9.18 Å². The van der Waals surface area contributed by atoms with E-state index in [4.69, 9.17) is 14.4 Å². The number of carboxylic acid groups (broad SMARTS) is 1. The van der Waals surface area contributed by atoms with Crippen LogP contribution in [0.25, 0.3) is 16.9 Å². The largest absolute Gasteiger partial charge is 0.490 e. The molecule has 3 heterocycles. The number of nitrogens with zero attached hydrogens (tertiary/aromatic N) is 4. The van der Waals surface area contributed by atoms with Crippen molar-refractivity contribution in [3.05, 3.63) is 35.6 Å². The topological polar surface area (TPSA) is 106 Å². The summed E-state index contributed by atoms with van der Waals surface area (Å²) in [7, 11) is 0. The minimum absolute atomic E-state index is 0.173. The molecule has 0 unspecified atom stereocenters. The summed E-state index contributed by atoms with van der Waals surface area (Å²) in [4.78, 5) is 13.3. The molecule has 1 aliphatic heterocycles. The fourth-order valence-electron chi connectivity index (χ4n) is 3.27. The van der Waals surface area contributed by atoms with Crippen molar-refractivity contribution < 1.29 is 32.0 Å². The van der Waals surface area contributed by atoms with Crippen LogP contribution in [0.15, 0.2) is 22.7 Å². The summed E-state index contributed by atoms with van der Waals surface area (Å²) in [5.41, 5.74) is 1.23. The van der Waals surface area contributed by atoms with Gasteiger partial charge in [0, 0.05) is 11.8 Å². The number of rotatable bonds is 4. The van der Waals surface area contributed by atoms with E-state index in [1.165, 1.54) is 10.7 Å². The molecule has 2 N–H and O–H groups in total. The molecule has 0 saturated carbocycles. The molecule has 12 heteroatoms. The molecule has 1 fully saturated rings. The van der Waals surface area contributed by atoms with Crippen molar-refractivity contribution in [2.45, 2.75) is 38.8 Å². The Kier molecular flexibility index (Phi) is 6.58. The van der Waals surface area contributed by atoms with Crippen LogP contribution in [0.3, 0.4) is 0 Å². The van der Waals surface area contributed by atoms with E-state index in [1.54, 1.807) is 6.07 Å². The van der Waals surface area contributed by atoms with Gasteiger partial charge in [0.1, 0.15) is 11.3 Å². The molecule has 1 saturated heterocycles. The molecule has 168 valence electrons. The number of hydrogen-bond donors (Lipinski definition) is 2. The van der Waals surface area contributed by atoms with E-state index in [-0.39, 0.29) is 17.7 Å². The maximum absolute atomic E-state index is 14.4. The summed E-state index contributed by atoms with van der Waals surface area (Å²) in [6.07, 6.45) is -3.24. The Morgan fingerprint density at radius 2 is 2.10 bits per heavy atom. The first-order chi connectivity index (χ1) is 14.6. The molecule has 1 aliphatic rings. The number of carboxylic acids is 1. The molecule has 0 spiro atoms. The van der Waals surface area contributed by atoms with Crippen molar-refractivity contribution in [2.24, 2.45) is 5.92 Å². The Labute approximate surface area is 174 Å². The van der Waals surface area contributed by atoms with Gasteiger partial charge < -0.3 is 14.9 Å². The van der Waals surface area contributed by atoms with E-state index in [0.29, 0.717) is 17.3 Å². The summed E-state index contributed by atoms with van der Waals surface area (Å²) in [6.45, 7) is 6.06. The van der Waals surface area contributed by atoms with Crippen molar-refractivity contribution in [1.82, 2.24) is 25.2 Å². The van der Waals surface area contributed by atoms with E-state index in [9.17, 15) is 17.6 Å². The maximum atomic E-state index is 14.4. The second-order valence-electron chi connectivity index (χ2n) is 7.44. The minimum atomic E-state index is -5.08. The van der Waals surface area contributed by atoms with Crippen molar-refractivity contribution in [3.63, 3.8) is 0 Å². The highest BCUT2D eigenvalue weighted by molar-refractivity contribution is 5.84. The molecule has 0 bridgehead atoms. The third kappa shape index (κ3) is 5.19. The SMILES string of the molecule is CC(C)c1nn(-c2noc(C[C@@H]3CCNC3)n2)c2c(F)cccc12.O=C(O)C(F)(F)F. The Hall–Kier alpha value is -3.02. The van der Waals surface area contributed by atoms with Crippen molar-refractivity contribution in [3.8, 4) is 5.95 Å². The predicted molar refractivity (Wildman–Crippen MR) is 101 cm³/mol. The van der Waals surface area contributed by atoms with Crippen molar-refractivity contribution >= 4 is 16.9 Å². The predicted octanol–water partition coefficient (Wildman–Crippen LogP) is 3.46. The fraction of sp³-hybridized carbons (Fsp3) is 0.474. The molecule has 0 radical (unpaired) electrons. The number of hydrogen-bond acceptors (Lipinski definition) is 6. The van der Waals surface area contributed by atoms with Crippen molar-refractivity contribution in [2.75, 3.05) is 13.1 Å². The zero-order valence-electron chi connectivity index (χ0n) is 16.8. The van der Waals surface area contributed by atoms with Crippen LogP contribution in [0.5, 0.6) is 0 Å². The summed E-state index contributed by atoms with van der Waals surface area (Å²) >= 11 is 0. The highest BCUT2D eigenvalue weighted by Crippen LogP contribution is 2.28. The number of alkyl halides is 3. The Bertz CT molecular complexity index is 1050. The number of para-hydroxylation sites is 1. The highest BCUT2D eigenvalue weighted by Gasteiger charge is 2.38. The summed E-state index contributed by atoms with van der Waals surface area (Å²) in [5.74, 6) is -1.55. The van der Waals surface area contributed by atoms with Gasteiger partial charge in [0.25, 0.3) is 5.95 Å². The van der Waals surface area contributed by atoms with E-state index in [1.807, 2.05) is 19.9 Å². The Balaban J connectivity index is 0.000000339. The molecule has 0 aliphatic carbocycles. The first-order valence-corrected chi connectivity index (χ1v) is 9.58. The monoisotopic (exact) mass is 443 g/mol. The lowest BCUT2D eigenvalue weighted by atomic mass is 10.1. The number of fused-ring (bicyclic) bond motifs is 1. The normalized spacial score (nSPS) is 16.5. The maximum Gasteiger partial charge on any atom is 0.490 e. The third-order valence-electron chi connectivity index (χ3n) is 4.74. The molecular weight excluding hydrogens is 422 g/mol. The van der Waals surface area contributed by atoms with E-state index in [2.05, 4.69) is 20.6 Å². The lowest BCUT2D eigenvalue weighted by Gasteiger charge is -2.01. The summed E-state index contributed by atoms with van der Waals surface area (Å²) in [5, 5.41) is 19.8.